The maximum absolute atomic E-state index is 13.9. The molecule has 1 aliphatic heterocycles. The second kappa shape index (κ2) is 29.2. The highest BCUT2D eigenvalue weighted by Crippen LogP contribution is 2.20. The number of rotatable bonds is 30. The molecule has 0 bridgehead atoms. The molecule has 0 spiro atoms. The van der Waals surface area contributed by atoms with Crippen LogP contribution < -0.4 is 54.4 Å². The zero-order valence-corrected chi connectivity index (χ0v) is 39.5. The summed E-state index contributed by atoms with van der Waals surface area (Å²) in [5, 5.41) is 75.7. The summed E-state index contributed by atoms with van der Waals surface area (Å²) in [5.41, 5.74) is 16.4. The number of phenols is 1. The fraction of sp³-hybridized carbons (Fsp3) is 0.605. The Labute approximate surface area is 407 Å². The van der Waals surface area contributed by atoms with Crippen LogP contribution in [0.15, 0.2) is 24.3 Å². The van der Waals surface area contributed by atoms with Gasteiger partial charge in [-0.2, -0.15) is 0 Å². The van der Waals surface area contributed by atoms with Crippen molar-refractivity contribution in [3.05, 3.63) is 29.8 Å². The van der Waals surface area contributed by atoms with Gasteiger partial charge >= 0.3 is 5.97 Å². The molecule has 28 heteroatoms. The molecule has 0 aliphatic carbocycles. The molecule has 1 aromatic carbocycles. The van der Waals surface area contributed by atoms with E-state index in [1.54, 1.807) is 13.8 Å². The number of aliphatic hydroxyl groups excluding tert-OH is 4. The topological polar surface area (TPSA) is 475 Å². The molecule has 0 saturated carbocycles. The van der Waals surface area contributed by atoms with Crippen LogP contribution in [0.25, 0.3) is 0 Å². The number of benzene rings is 1. The van der Waals surface area contributed by atoms with Crippen molar-refractivity contribution in [2.75, 3.05) is 26.4 Å². The number of nitrogens with zero attached hydrogens (tertiary/aromatic N) is 1. The summed E-state index contributed by atoms with van der Waals surface area (Å²) in [4.78, 5) is 143. The number of nitrogens with two attached hydrogens (primary N) is 3. The van der Waals surface area contributed by atoms with Crippen LogP contribution in [0.5, 0.6) is 5.75 Å². The Balaban J connectivity index is 2.29. The monoisotopic (exact) mass is 1010 g/mol. The Bertz CT molecular complexity index is 2060. The maximum Gasteiger partial charge on any atom is 0.328 e. The number of hydrogen-bond donors (Lipinski definition) is 16. The molecule has 1 fully saturated rings. The smallest absolute Gasteiger partial charge is 0.328 e. The normalized spacial score (nSPS) is 17.1. The van der Waals surface area contributed by atoms with Crippen molar-refractivity contribution in [2.45, 2.75) is 133 Å². The average molecular weight is 1010 g/mol. The highest BCUT2D eigenvalue weighted by molar-refractivity contribution is 5.98. The molecule has 19 N–H and O–H groups in total. The van der Waals surface area contributed by atoms with Gasteiger partial charge in [-0.1, -0.05) is 26.0 Å². The van der Waals surface area contributed by atoms with Gasteiger partial charge in [0.15, 0.2) is 6.04 Å². The number of carboxylic acids is 1. The predicted octanol–water partition coefficient (Wildman–Crippen LogP) is -7.33. The average Bonchev–Trinajstić information content (AvgIpc) is 3.81. The number of aliphatic hydroxyl groups is 4. The standard InChI is InChI=1S/C43H67N11O17/c1-20(2)15-26(38(65)53-34(21(3)58)43(70)71)49-41(68)31-5-4-14-54(31)42(69)30(19-57)52-40(67)29(18-56)51-37(64)27(16-22-6-8-23(59)9-7-22)48-39(66)28(17-55)50-36(63)25(11-13-33(46)61)47-35(62)24(44)10-12-32(45)60/h6-9,20-21,24-31,34,55-59H,4-5,10-19,44H2,1-3H3,(H2,45,60)(H2,46,61)(H,47,62)(H,48,66)(H,49,68)(H,50,63)(H,51,64)(H,52,67)(H,53,65)(H,70,71)/t21-,24+,25+,26+,27+,28+,29+,30+,31+,34+/m1/s1. The molecule has 10 atom stereocenters. The van der Waals surface area contributed by atoms with Crippen molar-refractivity contribution in [3.8, 4) is 5.75 Å². The van der Waals surface area contributed by atoms with Gasteiger partial charge in [0, 0.05) is 25.8 Å². The zero-order chi connectivity index (χ0) is 53.7. The molecule has 71 heavy (non-hydrogen) atoms. The summed E-state index contributed by atoms with van der Waals surface area (Å²) < 4.78 is 0. The van der Waals surface area contributed by atoms with E-state index in [9.17, 15) is 83.4 Å². The molecule has 2 rings (SSSR count). The van der Waals surface area contributed by atoms with Crippen LogP contribution in [0, 0.1) is 5.92 Å². The number of hydrogen-bond acceptors (Lipinski definition) is 17. The second-order valence-electron chi connectivity index (χ2n) is 17.3. The summed E-state index contributed by atoms with van der Waals surface area (Å²) in [5.74, 6) is -11.8. The van der Waals surface area contributed by atoms with E-state index < -0.39 is 158 Å². The summed E-state index contributed by atoms with van der Waals surface area (Å²) in [6.45, 7) is 1.32. The maximum atomic E-state index is 13.9. The SMILES string of the molecule is CC(C)C[C@H](NC(=O)[C@@H]1CCCN1C(=O)[C@H](CO)NC(=O)[C@H](CO)NC(=O)[C@H](Cc1ccc(O)cc1)NC(=O)[C@H](CO)NC(=O)[C@H](CCC(N)=O)NC(=O)[C@@H](N)CCC(N)=O)C(=O)N[C@H](C(=O)O)[C@@H](C)O. The van der Waals surface area contributed by atoms with Gasteiger partial charge in [0.2, 0.25) is 59.1 Å². The molecule has 0 unspecified atom stereocenters. The molecule has 1 saturated heterocycles. The van der Waals surface area contributed by atoms with E-state index in [1.165, 1.54) is 24.3 Å². The fourth-order valence-electron chi connectivity index (χ4n) is 7.12. The Hall–Kier alpha value is -7.01. The Morgan fingerprint density at radius 3 is 1.59 bits per heavy atom. The van der Waals surface area contributed by atoms with Crippen molar-refractivity contribution >= 4 is 65.0 Å². The lowest BCUT2D eigenvalue weighted by Gasteiger charge is -2.30. The molecule has 1 aromatic rings. The van der Waals surface area contributed by atoms with Gasteiger partial charge in [-0.25, -0.2) is 4.79 Å². The van der Waals surface area contributed by atoms with Gasteiger partial charge in [-0.15, -0.1) is 0 Å². The van der Waals surface area contributed by atoms with Gasteiger partial charge in [0.05, 0.1) is 32.0 Å². The van der Waals surface area contributed by atoms with Crippen molar-refractivity contribution in [1.29, 1.82) is 0 Å². The van der Waals surface area contributed by atoms with E-state index in [2.05, 4.69) is 37.2 Å². The zero-order valence-electron chi connectivity index (χ0n) is 39.5. The Kier molecular flexibility index (Phi) is 24.8. The van der Waals surface area contributed by atoms with Crippen LogP contribution in [-0.2, 0) is 59.2 Å². The first-order valence-electron chi connectivity index (χ1n) is 22.6. The number of aromatic hydroxyl groups is 1. The fourth-order valence-corrected chi connectivity index (χ4v) is 7.12. The quantitative estimate of drug-likeness (QED) is 0.0340. The number of carbonyl (C=O) groups excluding carboxylic acids is 10. The van der Waals surface area contributed by atoms with Crippen LogP contribution in [0.2, 0.25) is 0 Å². The predicted molar refractivity (Wildman–Crippen MR) is 245 cm³/mol. The van der Waals surface area contributed by atoms with Crippen molar-refractivity contribution in [3.63, 3.8) is 0 Å². The van der Waals surface area contributed by atoms with Gasteiger partial charge in [0.25, 0.3) is 0 Å². The summed E-state index contributed by atoms with van der Waals surface area (Å²) in [6, 6.07) is -8.98. The van der Waals surface area contributed by atoms with Crippen LogP contribution in [0.1, 0.15) is 71.3 Å². The van der Waals surface area contributed by atoms with Gasteiger partial charge in [0.1, 0.15) is 48.0 Å². The lowest BCUT2D eigenvalue weighted by molar-refractivity contribution is -0.146. The molecule has 0 radical (unpaired) electrons. The highest BCUT2D eigenvalue weighted by Gasteiger charge is 2.40. The highest BCUT2D eigenvalue weighted by atomic mass is 16.4. The molecule has 1 aliphatic rings. The van der Waals surface area contributed by atoms with Crippen molar-refractivity contribution in [2.24, 2.45) is 23.1 Å². The first-order chi connectivity index (χ1) is 33.3. The number of carboxylic acid groups (broad SMARTS) is 1. The molecule has 0 aromatic heterocycles. The van der Waals surface area contributed by atoms with Gasteiger partial charge < -0.3 is 90.0 Å². The molecular formula is C43H67N11O17. The van der Waals surface area contributed by atoms with E-state index >= 15 is 0 Å². The summed E-state index contributed by atoms with van der Waals surface area (Å²) >= 11 is 0. The number of nitrogens with one attached hydrogen (secondary N) is 7. The van der Waals surface area contributed by atoms with Crippen LogP contribution in [0.4, 0.5) is 0 Å². The molecule has 28 nitrogen and oxygen atoms in total. The minimum absolute atomic E-state index is 0.0334. The third kappa shape index (κ3) is 19.7. The molecular weight excluding hydrogens is 943 g/mol. The lowest BCUT2D eigenvalue weighted by atomic mass is 10.0. The Morgan fingerprint density at radius 2 is 1.10 bits per heavy atom. The first-order valence-corrected chi connectivity index (χ1v) is 22.6. The third-order valence-electron chi connectivity index (χ3n) is 11.0. The second-order valence-corrected chi connectivity index (χ2v) is 17.3. The van der Waals surface area contributed by atoms with E-state index in [4.69, 9.17) is 17.2 Å². The molecule has 1 heterocycles. The largest absolute Gasteiger partial charge is 0.508 e. The summed E-state index contributed by atoms with van der Waals surface area (Å²) in [7, 11) is 0. The third-order valence-corrected chi connectivity index (χ3v) is 11.0. The number of carbonyl (C=O) groups is 11. The summed E-state index contributed by atoms with van der Waals surface area (Å²) in [6.07, 6.45) is -2.79. The van der Waals surface area contributed by atoms with Gasteiger partial charge in [-0.3, -0.25) is 47.9 Å². The molecule has 10 amide bonds. The van der Waals surface area contributed by atoms with Crippen molar-refractivity contribution < 1.29 is 83.4 Å². The van der Waals surface area contributed by atoms with Crippen LogP contribution in [-0.4, -0.2) is 187 Å². The van der Waals surface area contributed by atoms with E-state index in [-0.39, 0.29) is 56.7 Å². The van der Waals surface area contributed by atoms with E-state index in [1.807, 2.05) is 0 Å². The Morgan fingerprint density at radius 1 is 0.634 bits per heavy atom. The van der Waals surface area contributed by atoms with E-state index in [0.717, 1.165) is 11.8 Å². The minimum Gasteiger partial charge on any atom is -0.508 e. The number of likely N-dealkylation sites (tertiary alicyclic amines) is 1. The number of amides is 10. The lowest BCUT2D eigenvalue weighted by Crippen LogP contribution is -2.62. The van der Waals surface area contributed by atoms with E-state index in [0.29, 0.717) is 5.56 Å². The molecule has 396 valence electrons. The van der Waals surface area contributed by atoms with Crippen LogP contribution >= 0.6 is 0 Å². The van der Waals surface area contributed by atoms with Crippen molar-refractivity contribution in [1.82, 2.24) is 42.1 Å². The number of aliphatic carboxylic acids is 1. The number of primary amides is 2. The minimum atomic E-state index is -1.87. The first kappa shape index (κ1) is 60.1. The van der Waals surface area contributed by atoms with Gasteiger partial charge in [-0.05, 0) is 62.6 Å². The van der Waals surface area contributed by atoms with Crippen LogP contribution in [0.3, 0.4) is 0 Å². The number of phenolic OH excluding ortho intramolecular Hbond substituents is 1.